The predicted molar refractivity (Wildman–Crippen MR) is 379 cm³/mol. The van der Waals surface area contributed by atoms with Gasteiger partial charge in [-0.15, -0.1) is 0 Å². The summed E-state index contributed by atoms with van der Waals surface area (Å²) in [5, 5.41) is 23.2. The fourth-order valence-electron chi connectivity index (χ4n) is 12.4. The van der Waals surface area contributed by atoms with Gasteiger partial charge in [-0.25, -0.2) is 0 Å². The van der Waals surface area contributed by atoms with Crippen LogP contribution in [0.3, 0.4) is 0 Å². The van der Waals surface area contributed by atoms with Gasteiger partial charge in [-0.1, -0.05) is 397 Å². The molecule has 0 aliphatic heterocycles. The Morgan fingerprint density at radius 3 is 0.907 bits per heavy atom. The van der Waals surface area contributed by atoms with Gasteiger partial charge >= 0.3 is 5.97 Å². The second-order valence-corrected chi connectivity index (χ2v) is 27.0. The zero-order valence-corrected chi connectivity index (χ0v) is 58.3. The molecule has 0 aliphatic carbocycles. The van der Waals surface area contributed by atoms with Crippen molar-refractivity contribution < 1.29 is 24.5 Å². The Labute approximate surface area is 538 Å². The van der Waals surface area contributed by atoms with E-state index < -0.39 is 12.1 Å². The Kier molecular flexibility index (Phi) is 73.9. The summed E-state index contributed by atoms with van der Waals surface area (Å²) in [5.41, 5.74) is 0. The summed E-state index contributed by atoms with van der Waals surface area (Å²) < 4.78 is 5.51. The van der Waals surface area contributed by atoms with E-state index >= 15 is 0 Å². The topological polar surface area (TPSA) is 95.9 Å². The summed E-state index contributed by atoms with van der Waals surface area (Å²) >= 11 is 0. The van der Waals surface area contributed by atoms with Crippen LogP contribution in [0.5, 0.6) is 0 Å². The van der Waals surface area contributed by atoms with Gasteiger partial charge in [0.2, 0.25) is 5.91 Å². The number of aliphatic hydroxyl groups is 2. The molecular formula is C80H153NO5. The second-order valence-electron chi connectivity index (χ2n) is 27.0. The van der Waals surface area contributed by atoms with Gasteiger partial charge in [0.15, 0.2) is 0 Å². The number of rotatable bonds is 74. The van der Waals surface area contributed by atoms with Crippen molar-refractivity contribution in [3.8, 4) is 0 Å². The van der Waals surface area contributed by atoms with Crippen LogP contribution in [0.1, 0.15) is 438 Å². The molecule has 0 aliphatic rings. The summed E-state index contributed by atoms with van der Waals surface area (Å²) in [4.78, 5) is 24.6. The number of amides is 1. The van der Waals surface area contributed by atoms with E-state index in [0.29, 0.717) is 19.4 Å². The minimum atomic E-state index is -0.841. The molecule has 0 bridgehead atoms. The number of carbonyl (C=O) groups is 2. The van der Waals surface area contributed by atoms with E-state index in [0.717, 1.165) is 51.4 Å². The zero-order chi connectivity index (χ0) is 62.0. The van der Waals surface area contributed by atoms with Gasteiger partial charge in [0.1, 0.15) is 0 Å². The number of hydrogen-bond donors (Lipinski definition) is 3. The van der Waals surface area contributed by atoms with E-state index in [9.17, 15) is 19.8 Å². The number of allylic oxidation sites excluding steroid dienone is 5. The van der Waals surface area contributed by atoms with Gasteiger partial charge in [0, 0.05) is 12.8 Å². The van der Waals surface area contributed by atoms with Crippen molar-refractivity contribution in [3.63, 3.8) is 0 Å². The number of esters is 1. The molecule has 0 fully saturated rings. The molecule has 3 N–H and O–H groups in total. The van der Waals surface area contributed by atoms with Crippen molar-refractivity contribution >= 4 is 11.9 Å². The third-order valence-corrected chi connectivity index (χ3v) is 18.4. The maximum absolute atomic E-state index is 12.5. The first-order valence-electron chi connectivity index (χ1n) is 39.3. The SMILES string of the molecule is CCCCC/C=C\C/C=C\CCCCCCCCCC(=O)OCCCCCCCCCCCCCCCCCCCCCCCCCCCCCCCCCCCCCC(=O)NC(CO)C(O)/C=C/CCCCCCCCCCCCCCCCC. The summed E-state index contributed by atoms with van der Waals surface area (Å²) in [6, 6.07) is -0.624. The van der Waals surface area contributed by atoms with Gasteiger partial charge in [-0.05, 0) is 64.2 Å². The lowest BCUT2D eigenvalue weighted by molar-refractivity contribution is -0.143. The first-order chi connectivity index (χ1) is 42.5. The molecule has 0 aromatic rings. The molecule has 0 radical (unpaired) electrons. The van der Waals surface area contributed by atoms with Crippen LogP contribution in [0.4, 0.5) is 0 Å². The minimum Gasteiger partial charge on any atom is -0.466 e. The maximum atomic E-state index is 12.5. The van der Waals surface area contributed by atoms with Crippen LogP contribution >= 0.6 is 0 Å². The number of unbranched alkanes of at least 4 members (excludes halogenated alkanes) is 59. The van der Waals surface area contributed by atoms with E-state index in [1.54, 1.807) is 6.08 Å². The van der Waals surface area contributed by atoms with Gasteiger partial charge in [0.05, 0.1) is 25.4 Å². The molecule has 0 rings (SSSR count). The Morgan fingerprint density at radius 2 is 0.581 bits per heavy atom. The largest absolute Gasteiger partial charge is 0.466 e. The lowest BCUT2D eigenvalue weighted by Gasteiger charge is -2.20. The smallest absolute Gasteiger partial charge is 0.305 e. The Hall–Kier alpha value is -1.92. The van der Waals surface area contributed by atoms with Crippen LogP contribution in [0.2, 0.25) is 0 Å². The molecule has 0 saturated heterocycles. The molecule has 6 heteroatoms. The summed E-state index contributed by atoms with van der Waals surface area (Å²) in [7, 11) is 0. The number of ether oxygens (including phenoxy) is 1. The molecule has 0 saturated carbocycles. The summed E-state index contributed by atoms with van der Waals surface area (Å²) in [5.74, 6) is -0.0440. The first-order valence-corrected chi connectivity index (χ1v) is 39.3. The van der Waals surface area contributed by atoms with Crippen LogP contribution < -0.4 is 5.32 Å². The van der Waals surface area contributed by atoms with Crippen molar-refractivity contribution in [2.75, 3.05) is 13.2 Å². The maximum Gasteiger partial charge on any atom is 0.305 e. The monoisotopic (exact) mass is 1210 g/mol. The number of aliphatic hydroxyl groups excluding tert-OH is 2. The minimum absolute atomic E-state index is 0.0152. The van der Waals surface area contributed by atoms with E-state index in [-0.39, 0.29) is 18.5 Å². The lowest BCUT2D eigenvalue weighted by Crippen LogP contribution is -2.45. The third-order valence-electron chi connectivity index (χ3n) is 18.4. The van der Waals surface area contributed by atoms with Crippen molar-refractivity contribution in [2.45, 2.75) is 450 Å². The highest BCUT2D eigenvalue weighted by Gasteiger charge is 2.18. The van der Waals surface area contributed by atoms with Crippen LogP contribution in [0.25, 0.3) is 0 Å². The zero-order valence-electron chi connectivity index (χ0n) is 58.3. The molecule has 0 aromatic carbocycles. The van der Waals surface area contributed by atoms with Crippen molar-refractivity contribution in [1.29, 1.82) is 0 Å². The third kappa shape index (κ3) is 71.2. The van der Waals surface area contributed by atoms with Gasteiger partial charge < -0.3 is 20.3 Å². The standard InChI is InChI=1S/C80H153NO5/c1-3-5-7-9-11-13-15-17-19-40-44-48-52-56-60-64-68-72-78(83)77(76-82)81-79(84)73-69-65-61-57-53-49-45-42-38-36-34-32-30-28-26-24-22-21-23-25-27-29-31-33-35-37-39-43-47-51-55-59-63-67-71-75-86-80(85)74-70-66-62-58-54-50-46-41-20-18-16-14-12-10-8-6-4-2/h12,14,18,20,68,72,77-78,82-83H,3-11,13,15-17,19,21-67,69-71,73-76H2,1-2H3,(H,81,84)/b14-12-,20-18-,72-68+. The molecule has 0 spiro atoms. The van der Waals surface area contributed by atoms with E-state index in [4.69, 9.17) is 4.74 Å². The highest BCUT2D eigenvalue weighted by atomic mass is 16.5. The Morgan fingerprint density at radius 1 is 0.326 bits per heavy atom. The highest BCUT2D eigenvalue weighted by Crippen LogP contribution is 2.20. The first kappa shape index (κ1) is 84.1. The molecule has 2 unspecified atom stereocenters. The average molecular weight is 1210 g/mol. The van der Waals surface area contributed by atoms with E-state index in [2.05, 4.69) is 43.5 Å². The molecule has 1 amide bonds. The van der Waals surface area contributed by atoms with Crippen molar-refractivity contribution in [3.05, 3.63) is 36.5 Å². The fraction of sp³-hybridized carbons (Fsp3) is 0.900. The highest BCUT2D eigenvalue weighted by molar-refractivity contribution is 5.76. The molecule has 508 valence electrons. The number of carbonyl (C=O) groups excluding carboxylic acids is 2. The van der Waals surface area contributed by atoms with E-state index in [1.165, 1.54) is 360 Å². The van der Waals surface area contributed by atoms with Crippen LogP contribution in [0, 0.1) is 0 Å². The Balaban J connectivity index is 3.32. The molecule has 6 nitrogen and oxygen atoms in total. The predicted octanol–water partition coefficient (Wildman–Crippen LogP) is 25.8. The summed E-state index contributed by atoms with van der Waals surface area (Å²) in [6.07, 6.45) is 98.4. The summed E-state index contributed by atoms with van der Waals surface area (Å²) in [6.45, 7) is 4.92. The molecular weight excluding hydrogens is 1050 g/mol. The van der Waals surface area contributed by atoms with Gasteiger partial charge in [0.25, 0.3) is 0 Å². The molecule has 2 atom stereocenters. The number of hydrogen-bond acceptors (Lipinski definition) is 5. The van der Waals surface area contributed by atoms with Crippen molar-refractivity contribution in [2.24, 2.45) is 0 Å². The number of nitrogens with one attached hydrogen (secondary N) is 1. The lowest BCUT2D eigenvalue weighted by atomic mass is 10.0. The molecule has 0 heterocycles. The van der Waals surface area contributed by atoms with Gasteiger partial charge in [-0.3, -0.25) is 9.59 Å². The quantitative estimate of drug-likeness (QED) is 0.0320. The second kappa shape index (κ2) is 75.5. The average Bonchev–Trinajstić information content (AvgIpc) is 3.59. The van der Waals surface area contributed by atoms with Crippen LogP contribution in [0.15, 0.2) is 36.5 Å². The molecule has 86 heavy (non-hydrogen) atoms. The van der Waals surface area contributed by atoms with E-state index in [1.807, 2.05) is 6.08 Å². The molecule has 0 aromatic heterocycles. The fourth-order valence-corrected chi connectivity index (χ4v) is 12.4. The normalized spacial score (nSPS) is 12.7. The van der Waals surface area contributed by atoms with Crippen LogP contribution in [-0.4, -0.2) is 47.4 Å². The van der Waals surface area contributed by atoms with Gasteiger partial charge in [-0.2, -0.15) is 0 Å². The van der Waals surface area contributed by atoms with Crippen LogP contribution in [-0.2, 0) is 14.3 Å². The van der Waals surface area contributed by atoms with Crippen molar-refractivity contribution in [1.82, 2.24) is 5.32 Å². The Bertz CT molecular complexity index is 1390.